The topological polar surface area (TPSA) is 84.7 Å². The molecule has 1 saturated heterocycles. The van der Waals surface area contributed by atoms with Crippen molar-refractivity contribution in [1.82, 2.24) is 4.90 Å². The van der Waals surface area contributed by atoms with Crippen LogP contribution in [0.2, 0.25) is 0 Å². The molecule has 5 rings (SSSR count). The second-order valence-corrected chi connectivity index (χ2v) is 21.7. The summed E-state index contributed by atoms with van der Waals surface area (Å²) in [4.78, 5) is 15.9. The van der Waals surface area contributed by atoms with E-state index >= 15 is 0 Å². The van der Waals surface area contributed by atoms with Crippen molar-refractivity contribution < 1.29 is 38.0 Å². The number of hydrogen-bond donors (Lipinski definition) is 0. The number of rotatable bonds is 49. The lowest BCUT2D eigenvalue weighted by Crippen LogP contribution is -2.14. The lowest BCUT2D eigenvalue weighted by atomic mass is 10.1. The number of carbonyl (C=O) groups excluding carboxylic acids is 1. The fraction of sp³-hybridized carbons (Fsp3) is 0.632. The van der Waals surface area contributed by atoms with Gasteiger partial charge in [0.25, 0.3) is 0 Å². The first-order valence-electron chi connectivity index (χ1n) is 31.2. The zero-order valence-electron chi connectivity index (χ0n) is 48.6. The highest BCUT2D eigenvalue weighted by Gasteiger charge is 2.22. The quantitative estimate of drug-likeness (QED) is 0.0244. The molecule has 0 unspecified atom stereocenters. The highest BCUT2D eigenvalue weighted by atomic mass is 16.5. The average molecular weight is 1060 g/mol. The lowest BCUT2D eigenvalue weighted by molar-refractivity contribution is 0.0493. The molecule has 1 aliphatic heterocycles. The maximum Gasteiger partial charge on any atom is 0.338 e. The molecule has 9 nitrogen and oxygen atoms in total. The van der Waals surface area contributed by atoms with Gasteiger partial charge < -0.3 is 33.2 Å². The molecule has 0 saturated carbocycles. The number of carbonyl (C=O) groups is 1. The molecule has 1 heterocycles. The van der Waals surface area contributed by atoms with Gasteiger partial charge in [-0.2, -0.15) is 0 Å². The summed E-state index contributed by atoms with van der Waals surface area (Å²) in [5.41, 5.74) is 3.22. The summed E-state index contributed by atoms with van der Waals surface area (Å²) in [5.74, 6) is 3.32. The van der Waals surface area contributed by atoms with E-state index in [9.17, 15) is 4.79 Å². The number of nitrogens with zero attached hydrogens (tertiary/aromatic N) is 1. The minimum Gasteiger partial charge on any atom is -0.494 e. The van der Waals surface area contributed by atoms with E-state index in [1.54, 1.807) is 12.1 Å². The molecule has 0 aliphatic carbocycles. The van der Waals surface area contributed by atoms with Crippen LogP contribution < -0.4 is 28.4 Å². The van der Waals surface area contributed by atoms with Crippen molar-refractivity contribution in [3.63, 3.8) is 0 Å². The predicted molar refractivity (Wildman–Crippen MR) is 318 cm³/mol. The van der Waals surface area contributed by atoms with E-state index in [-0.39, 0.29) is 19.8 Å². The van der Waals surface area contributed by atoms with Crippen molar-refractivity contribution in [3.8, 4) is 34.5 Å². The van der Waals surface area contributed by atoms with E-state index in [0.717, 1.165) is 66.3 Å². The third-order valence-corrected chi connectivity index (χ3v) is 14.7. The summed E-state index contributed by atoms with van der Waals surface area (Å²) in [6, 6.07) is 27.7. The van der Waals surface area contributed by atoms with Crippen LogP contribution in [0.1, 0.15) is 240 Å². The molecule has 0 bridgehead atoms. The summed E-state index contributed by atoms with van der Waals surface area (Å²) >= 11 is 0. The van der Waals surface area contributed by atoms with Crippen molar-refractivity contribution in [2.75, 3.05) is 46.1 Å². The van der Waals surface area contributed by atoms with E-state index in [1.165, 1.54) is 173 Å². The van der Waals surface area contributed by atoms with Crippen molar-refractivity contribution in [1.29, 1.82) is 0 Å². The molecular formula is C68H103NO8. The first kappa shape index (κ1) is 62.9. The monoisotopic (exact) mass is 1060 g/mol. The molecule has 0 aromatic heterocycles. The molecule has 428 valence electrons. The van der Waals surface area contributed by atoms with Crippen LogP contribution in [0.25, 0.3) is 0 Å². The van der Waals surface area contributed by atoms with Gasteiger partial charge in [-0.05, 0) is 84.5 Å². The van der Waals surface area contributed by atoms with E-state index in [0.29, 0.717) is 55.8 Å². The first-order chi connectivity index (χ1) is 38.0. The van der Waals surface area contributed by atoms with Crippen molar-refractivity contribution >= 4 is 5.97 Å². The third-order valence-electron chi connectivity index (χ3n) is 14.7. The Morgan fingerprint density at radius 2 is 0.662 bits per heavy atom. The maximum absolute atomic E-state index is 13.7. The van der Waals surface area contributed by atoms with Crippen LogP contribution in [0, 0.1) is 0 Å². The third kappa shape index (κ3) is 29.1. The summed E-state index contributed by atoms with van der Waals surface area (Å²) in [6.45, 7) is 12.8. The number of unbranched alkanes of at least 4 members (excludes halogenated alkanes) is 27. The molecule has 0 radical (unpaired) electrons. The number of benzene rings is 4. The fourth-order valence-electron chi connectivity index (χ4n) is 9.56. The van der Waals surface area contributed by atoms with Gasteiger partial charge in [-0.15, -0.1) is 0 Å². The van der Waals surface area contributed by atoms with Crippen molar-refractivity contribution in [3.05, 3.63) is 107 Å². The number of ether oxygens (including phenoxy) is 7. The van der Waals surface area contributed by atoms with Crippen molar-refractivity contribution in [2.24, 2.45) is 0 Å². The Morgan fingerprint density at radius 3 is 0.974 bits per heavy atom. The Morgan fingerprint density at radius 1 is 0.364 bits per heavy atom. The SMILES string of the molecule is CCCCCCCCCCCCOc1ccc(COc2cc(C(=O)OCCN3CC3)cc(OCc3ccc(OCCCCCCCCCCCC)cc3)c2OCc2ccc(OCCCCCCCCCCCC)cc2)cc1. The molecule has 77 heavy (non-hydrogen) atoms. The van der Waals surface area contributed by atoms with Gasteiger partial charge in [0.2, 0.25) is 5.75 Å². The molecule has 0 atom stereocenters. The van der Waals surface area contributed by atoms with Gasteiger partial charge >= 0.3 is 5.97 Å². The fourth-order valence-corrected chi connectivity index (χ4v) is 9.56. The van der Waals surface area contributed by atoms with E-state index in [2.05, 4.69) is 25.7 Å². The maximum atomic E-state index is 13.7. The van der Waals surface area contributed by atoms with Crippen LogP contribution in [0.3, 0.4) is 0 Å². The normalized spacial score (nSPS) is 12.1. The van der Waals surface area contributed by atoms with Gasteiger partial charge in [-0.1, -0.05) is 231 Å². The number of hydrogen-bond acceptors (Lipinski definition) is 9. The predicted octanol–water partition coefficient (Wildman–Crippen LogP) is 18.8. The largest absolute Gasteiger partial charge is 0.494 e. The lowest BCUT2D eigenvalue weighted by Gasteiger charge is -2.19. The van der Waals surface area contributed by atoms with Crippen LogP contribution >= 0.6 is 0 Å². The highest BCUT2D eigenvalue weighted by molar-refractivity contribution is 5.91. The summed E-state index contributed by atoms with van der Waals surface area (Å²) in [7, 11) is 0. The zero-order valence-corrected chi connectivity index (χ0v) is 48.6. The smallest absolute Gasteiger partial charge is 0.338 e. The summed E-state index contributed by atoms with van der Waals surface area (Å²) in [5, 5.41) is 0. The van der Waals surface area contributed by atoms with Gasteiger partial charge in [0.1, 0.15) is 43.7 Å². The minimum atomic E-state index is -0.436. The molecule has 9 heteroatoms. The average Bonchev–Trinajstić information content (AvgIpc) is 4.30. The molecule has 4 aromatic rings. The summed E-state index contributed by atoms with van der Waals surface area (Å²) < 4.78 is 44.0. The van der Waals surface area contributed by atoms with Gasteiger partial charge in [0.15, 0.2) is 11.5 Å². The zero-order chi connectivity index (χ0) is 54.1. The Labute approximate surface area is 467 Å². The Hall–Kier alpha value is -4.89. The van der Waals surface area contributed by atoms with Gasteiger partial charge in [-0.3, -0.25) is 4.90 Å². The molecule has 1 fully saturated rings. The van der Waals surface area contributed by atoms with Gasteiger partial charge in [0.05, 0.1) is 25.4 Å². The van der Waals surface area contributed by atoms with Crippen LogP contribution in [-0.4, -0.2) is 56.9 Å². The van der Waals surface area contributed by atoms with E-state index in [4.69, 9.17) is 33.2 Å². The minimum absolute atomic E-state index is 0.244. The van der Waals surface area contributed by atoms with Crippen molar-refractivity contribution in [2.45, 2.75) is 233 Å². The van der Waals surface area contributed by atoms with Crippen LogP contribution in [-0.2, 0) is 24.6 Å². The molecule has 4 aromatic carbocycles. The Bertz CT molecular complexity index is 1970. The molecule has 0 N–H and O–H groups in total. The van der Waals surface area contributed by atoms with Gasteiger partial charge in [-0.25, -0.2) is 4.79 Å². The molecule has 0 spiro atoms. The van der Waals surface area contributed by atoms with E-state index in [1.807, 2.05) is 72.8 Å². The van der Waals surface area contributed by atoms with Crippen LogP contribution in [0.15, 0.2) is 84.9 Å². The highest BCUT2D eigenvalue weighted by Crippen LogP contribution is 2.41. The Balaban J connectivity index is 1.20. The van der Waals surface area contributed by atoms with Crippen LogP contribution in [0.4, 0.5) is 0 Å². The molecular weight excluding hydrogens is 959 g/mol. The van der Waals surface area contributed by atoms with Crippen LogP contribution in [0.5, 0.6) is 34.5 Å². The second-order valence-electron chi connectivity index (χ2n) is 21.7. The second kappa shape index (κ2) is 41.2. The summed E-state index contributed by atoms with van der Waals surface area (Å²) in [6.07, 6.45) is 38.9. The standard InChI is InChI=1S/C68H103NO8/c1-4-7-10-13-16-19-22-25-28-31-49-71-62-40-34-58(35-41-62)55-75-65-53-61(68(70)74-52-48-69-46-47-69)54-66(76-56-59-36-42-63(43-37-59)72-50-32-29-26-23-20-17-14-11-8-5-2)67(65)77-57-60-38-44-64(45-39-60)73-51-33-30-27-24-21-18-15-12-9-6-3/h34-45,53-54H,4-33,46-52,55-57H2,1-3H3. The van der Waals surface area contributed by atoms with Gasteiger partial charge in [0, 0.05) is 19.6 Å². The molecule has 0 amide bonds. The Kier molecular flexibility index (Phi) is 33.7. The number of esters is 1. The van der Waals surface area contributed by atoms with E-state index < -0.39 is 5.97 Å². The molecule has 1 aliphatic rings. The first-order valence-corrected chi connectivity index (χ1v) is 31.2.